The quantitative estimate of drug-likeness (QED) is 0.570. The Morgan fingerprint density at radius 3 is 2.44 bits per heavy atom. The van der Waals surface area contributed by atoms with E-state index in [-0.39, 0.29) is 11.3 Å². The normalized spacial score (nSPS) is 18.2. The highest BCUT2D eigenvalue weighted by atomic mass is 32.2. The summed E-state index contributed by atoms with van der Waals surface area (Å²) in [6.45, 7) is 1.57. The van der Waals surface area contributed by atoms with E-state index < -0.39 is 26.9 Å². The first-order valence-corrected chi connectivity index (χ1v) is 12.3. The maximum atomic E-state index is 13.5. The molecule has 1 atom stereocenters. The average molecular weight is 453 g/mol. The Labute approximate surface area is 188 Å². The highest BCUT2D eigenvalue weighted by Gasteiger charge is 2.46. The van der Waals surface area contributed by atoms with Crippen LogP contribution in [-0.2, 0) is 20.2 Å². The number of para-hydroxylation sites is 1. The molecule has 1 aliphatic carbocycles. The fraction of sp³-hybridized carbons (Fsp3) is 0.375. The number of primary amides is 1. The maximum absolute atomic E-state index is 13.5. The van der Waals surface area contributed by atoms with E-state index in [9.17, 15) is 13.2 Å². The highest BCUT2D eigenvalue weighted by molar-refractivity contribution is 7.89. The molecule has 1 amide bonds. The largest absolute Gasteiger partial charge is 0.368 e. The zero-order chi connectivity index (χ0) is 22.8. The molecule has 0 saturated heterocycles. The maximum Gasteiger partial charge on any atom is 0.243 e. The molecule has 32 heavy (non-hydrogen) atoms. The smallest absolute Gasteiger partial charge is 0.243 e. The number of benzene rings is 1. The van der Waals surface area contributed by atoms with Crippen molar-refractivity contribution in [3.8, 4) is 0 Å². The average Bonchev–Trinajstić information content (AvgIpc) is 2.79. The van der Waals surface area contributed by atoms with Gasteiger partial charge in [0.05, 0.1) is 5.52 Å². The minimum absolute atomic E-state index is 0.0265. The lowest BCUT2D eigenvalue weighted by atomic mass is 9.65. The fourth-order valence-electron chi connectivity index (χ4n) is 4.92. The summed E-state index contributed by atoms with van der Waals surface area (Å²) >= 11 is 0. The third kappa shape index (κ3) is 4.25. The van der Waals surface area contributed by atoms with Crippen LogP contribution in [0.2, 0.25) is 0 Å². The van der Waals surface area contributed by atoms with Gasteiger partial charge >= 0.3 is 0 Å². The summed E-state index contributed by atoms with van der Waals surface area (Å²) in [4.78, 5) is 21.6. The van der Waals surface area contributed by atoms with Crippen molar-refractivity contribution in [2.24, 2.45) is 5.73 Å². The van der Waals surface area contributed by atoms with E-state index in [4.69, 9.17) is 5.73 Å². The van der Waals surface area contributed by atoms with Crippen LogP contribution < -0.4 is 10.5 Å². The van der Waals surface area contributed by atoms with Gasteiger partial charge in [-0.2, -0.15) is 4.72 Å². The molecule has 2 heterocycles. The van der Waals surface area contributed by atoms with Crippen LogP contribution in [-0.4, -0.2) is 29.8 Å². The van der Waals surface area contributed by atoms with E-state index in [2.05, 4.69) is 14.7 Å². The van der Waals surface area contributed by atoms with E-state index >= 15 is 0 Å². The lowest BCUT2D eigenvalue weighted by molar-refractivity contribution is -0.124. The summed E-state index contributed by atoms with van der Waals surface area (Å²) in [5, 5.41) is 0.702. The van der Waals surface area contributed by atoms with Gasteiger partial charge in [0, 0.05) is 28.9 Å². The van der Waals surface area contributed by atoms with Gasteiger partial charge in [-0.25, -0.2) is 8.42 Å². The number of nitrogens with zero attached hydrogens (tertiary/aromatic N) is 2. The molecule has 1 unspecified atom stereocenters. The van der Waals surface area contributed by atoms with Gasteiger partial charge in [-0.05, 0) is 50.5 Å². The molecule has 2 aromatic heterocycles. The first kappa shape index (κ1) is 22.4. The van der Waals surface area contributed by atoms with E-state index in [0.717, 1.165) is 37.8 Å². The fourth-order valence-corrected chi connectivity index (χ4v) is 6.48. The summed E-state index contributed by atoms with van der Waals surface area (Å²) < 4.78 is 29.6. The summed E-state index contributed by atoms with van der Waals surface area (Å²) in [5.74, 6) is -0.713. The van der Waals surface area contributed by atoms with Crippen molar-refractivity contribution in [2.45, 2.75) is 61.3 Å². The van der Waals surface area contributed by atoms with Crippen LogP contribution in [0.4, 0.5) is 0 Å². The van der Waals surface area contributed by atoms with E-state index in [1.54, 1.807) is 43.6 Å². The predicted molar refractivity (Wildman–Crippen MR) is 123 cm³/mol. The Bertz CT molecular complexity index is 1220. The number of pyridine rings is 2. The van der Waals surface area contributed by atoms with Gasteiger partial charge in [0.15, 0.2) is 0 Å². The molecule has 0 spiro atoms. The molecule has 0 bridgehead atoms. The lowest BCUT2D eigenvalue weighted by Gasteiger charge is -2.42. The van der Waals surface area contributed by atoms with Gasteiger partial charge in [0.1, 0.15) is 10.4 Å². The summed E-state index contributed by atoms with van der Waals surface area (Å²) in [5.41, 5.74) is 5.12. The summed E-state index contributed by atoms with van der Waals surface area (Å²) in [6.07, 6.45) is 8.26. The minimum atomic E-state index is -4.08. The molecule has 1 aromatic carbocycles. The van der Waals surface area contributed by atoms with Gasteiger partial charge < -0.3 is 5.73 Å². The van der Waals surface area contributed by atoms with E-state index in [1.165, 1.54) is 6.07 Å². The highest BCUT2D eigenvalue weighted by Crippen LogP contribution is 2.44. The Kier molecular flexibility index (Phi) is 6.01. The van der Waals surface area contributed by atoms with Crippen molar-refractivity contribution in [3.05, 3.63) is 66.6 Å². The molecule has 1 saturated carbocycles. The Balaban J connectivity index is 1.74. The van der Waals surface area contributed by atoms with Crippen LogP contribution in [0.3, 0.4) is 0 Å². The van der Waals surface area contributed by atoms with Crippen molar-refractivity contribution in [3.63, 3.8) is 0 Å². The molecule has 8 heteroatoms. The van der Waals surface area contributed by atoms with Crippen molar-refractivity contribution >= 4 is 26.8 Å². The van der Waals surface area contributed by atoms with Gasteiger partial charge in [-0.15, -0.1) is 0 Å². The van der Waals surface area contributed by atoms with Crippen molar-refractivity contribution in [1.29, 1.82) is 0 Å². The van der Waals surface area contributed by atoms with Gasteiger partial charge in [-0.1, -0.05) is 43.5 Å². The first-order valence-electron chi connectivity index (χ1n) is 10.9. The van der Waals surface area contributed by atoms with Gasteiger partial charge in [0.25, 0.3) is 0 Å². The molecular formula is C24H28N4O3S. The molecule has 3 N–H and O–H groups in total. The van der Waals surface area contributed by atoms with Crippen LogP contribution in [0.15, 0.2) is 65.8 Å². The Hall–Kier alpha value is -2.84. The molecule has 3 aromatic rings. The van der Waals surface area contributed by atoms with Gasteiger partial charge in [0.2, 0.25) is 15.9 Å². The van der Waals surface area contributed by atoms with Crippen LogP contribution in [0.5, 0.6) is 0 Å². The second kappa shape index (κ2) is 8.60. The zero-order valence-electron chi connectivity index (χ0n) is 18.1. The number of hydrogen-bond donors (Lipinski definition) is 2. The SMILES string of the molecule is CC(CC1(c2ccccn2)CCCCC1)(NS(=O)(=O)c1cccc2cccnc12)C(N)=O. The number of carbonyl (C=O) groups is 1. The van der Waals surface area contributed by atoms with Gasteiger partial charge in [-0.3, -0.25) is 14.8 Å². The second-order valence-corrected chi connectivity index (χ2v) is 10.5. The second-order valence-electron chi connectivity index (χ2n) is 8.87. The molecular weight excluding hydrogens is 424 g/mol. The van der Waals surface area contributed by atoms with E-state index in [1.807, 2.05) is 18.2 Å². The van der Waals surface area contributed by atoms with Crippen LogP contribution >= 0.6 is 0 Å². The molecule has 1 aliphatic rings. The topological polar surface area (TPSA) is 115 Å². The Morgan fingerprint density at radius 1 is 1.03 bits per heavy atom. The monoisotopic (exact) mass is 452 g/mol. The number of amides is 1. The standard InChI is InChI=1S/C24H28N4O3S/c1-23(22(25)29,17-24(13-4-2-5-14-24)20-12-3-6-15-26-20)28-32(30,31)19-11-7-9-18-10-8-16-27-21(18)19/h3,6-12,15-16,28H,2,4-5,13-14,17H2,1H3,(H2,25,29). The zero-order valence-corrected chi connectivity index (χ0v) is 18.9. The number of hydrogen-bond acceptors (Lipinski definition) is 5. The number of aromatic nitrogens is 2. The van der Waals surface area contributed by atoms with Crippen molar-refractivity contribution < 1.29 is 13.2 Å². The van der Waals surface area contributed by atoms with Crippen LogP contribution in [0.1, 0.15) is 51.1 Å². The van der Waals surface area contributed by atoms with Crippen molar-refractivity contribution in [1.82, 2.24) is 14.7 Å². The van der Waals surface area contributed by atoms with Crippen LogP contribution in [0, 0.1) is 0 Å². The number of nitrogens with two attached hydrogens (primary N) is 1. The molecule has 1 fully saturated rings. The van der Waals surface area contributed by atoms with E-state index in [0.29, 0.717) is 10.9 Å². The minimum Gasteiger partial charge on any atom is -0.368 e. The van der Waals surface area contributed by atoms with Crippen LogP contribution in [0.25, 0.3) is 10.9 Å². The molecule has 0 radical (unpaired) electrons. The Morgan fingerprint density at radius 2 is 1.75 bits per heavy atom. The third-order valence-electron chi connectivity index (χ3n) is 6.50. The lowest BCUT2D eigenvalue weighted by Crippen LogP contribution is -2.58. The molecule has 0 aliphatic heterocycles. The summed E-state index contributed by atoms with van der Waals surface area (Å²) in [6, 6.07) is 14.2. The molecule has 4 rings (SSSR count). The number of rotatable bonds is 7. The summed E-state index contributed by atoms with van der Waals surface area (Å²) in [7, 11) is -4.08. The molecule has 168 valence electrons. The number of sulfonamides is 1. The number of fused-ring (bicyclic) bond motifs is 1. The number of nitrogens with one attached hydrogen (secondary N) is 1. The van der Waals surface area contributed by atoms with Crippen molar-refractivity contribution in [2.75, 3.05) is 0 Å². The third-order valence-corrected chi connectivity index (χ3v) is 8.13. The number of carbonyl (C=O) groups excluding carboxylic acids is 1. The predicted octanol–water partition coefficient (Wildman–Crippen LogP) is 3.44. The first-order chi connectivity index (χ1) is 15.3. The molecule has 7 nitrogen and oxygen atoms in total.